The monoisotopic (exact) mass is 212 g/mol. The van der Waals surface area contributed by atoms with Crippen LogP contribution in [-0.2, 0) is 14.3 Å². The highest BCUT2D eigenvalue weighted by molar-refractivity contribution is 5.83. The van der Waals surface area contributed by atoms with E-state index in [2.05, 4.69) is 20.8 Å². The summed E-state index contributed by atoms with van der Waals surface area (Å²) in [5.74, 6) is -0.302. The molecule has 2 aliphatic rings. The highest BCUT2D eigenvalue weighted by Crippen LogP contribution is 2.53. The van der Waals surface area contributed by atoms with Crippen molar-refractivity contribution in [3.63, 3.8) is 0 Å². The van der Waals surface area contributed by atoms with Crippen LogP contribution >= 0.6 is 0 Å². The van der Waals surface area contributed by atoms with Gasteiger partial charge in [0, 0.05) is 12.8 Å². The van der Waals surface area contributed by atoms with Gasteiger partial charge in [-0.1, -0.05) is 20.8 Å². The maximum absolute atomic E-state index is 11.6. The summed E-state index contributed by atoms with van der Waals surface area (Å²) >= 11 is 0. The number of Topliss-reactive ketones (excluding diaryl/α,β-unsaturated/α-hetero) is 1. The molecule has 15 heavy (non-hydrogen) atoms. The molecule has 0 radical (unpaired) electrons. The molecule has 3 heteroatoms. The summed E-state index contributed by atoms with van der Waals surface area (Å²) in [7, 11) is 0. The Morgan fingerprint density at radius 2 is 1.93 bits per heavy atom. The first-order valence-electron chi connectivity index (χ1n) is 5.56. The molecular weight excluding hydrogens is 192 g/mol. The Balaban J connectivity index is 2.38. The van der Waals surface area contributed by atoms with E-state index < -0.39 is 11.4 Å². The van der Waals surface area contributed by atoms with E-state index >= 15 is 0 Å². The molecule has 0 aromatic carbocycles. The standard InChI is InChI=1S/C12H20O3/c1-10(2,3)12-7-8(13)6-9(12)14-11(4,5)15-12/h9H,6-7H2,1-5H3/t9-,12+/m0/s1. The van der Waals surface area contributed by atoms with Crippen molar-refractivity contribution in [2.75, 3.05) is 0 Å². The predicted octanol–water partition coefficient (Wildman–Crippen LogP) is 2.29. The van der Waals surface area contributed by atoms with Crippen molar-refractivity contribution in [1.29, 1.82) is 0 Å². The Labute approximate surface area is 91.1 Å². The van der Waals surface area contributed by atoms with Crippen molar-refractivity contribution in [1.82, 2.24) is 0 Å². The Morgan fingerprint density at radius 3 is 2.40 bits per heavy atom. The van der Waals surface area contributed by atoms with Gasteiger partial charge in [0.2, 0.25) is 0 Å². The van der Waals surface area contributed by atoms with Gasteiger partial charge in [0.1, 0.15) is 11.4 Å². The minimum Gasteiger partial charge on any atom is -0.344 e. The molecule has 2 atom stereocenters. The fourth-order valence-corrected chi connectivity index (χ4v) is 2.80. The third kappa shape index (κ3) is 1.53. The Bertz CT molecular complexity index is 300. The fourth-order valence-electron chi connectivity index (χ4n) is 2.80. The van der Waals surface area contributed by atoms with Gasteiger partial charge in [0.05, 0.1) is 6.10 Å². The maximum atomic E-state index is 11.6. The molecule has 1 saturated heterocycles. The lowest BCUT2D eigenvalue weighted by molar-refractivity contribution is -0.188. The van der Waals surface area contributed by atoms with Gasteiger partial charge in [-0.2, -0.15) is 0 Å². The number of fused-ring (bicyclic) bond motifs is 1. The zero-order valence-corrected chi connectivity index (χ0v) is 10.2. The molecule has 0 N–H and O–H groups in total. The number of ketones is 1. The zero-order chi connectivity index (χ0) is 11.5. The van der Waals surface area contributed by atoms with E-state index in [1.165, 1.54) is 0 Å². The van der Waals surface area contributed by atoms with Crippen LogP contribution in [0.3, 0.4) is 0 Å². The van der Waals surface area contributed by atoms with E-state index in [4.69, 9.17) is 9.47 Å². The van der Waals surface area contributed by atoms with E-state index in [0.717, 1.165) is 0 Å². The van der Waals surface area contributed by atoms with Crippen LogP contribution in [0.5, 0.6) is 0 Å². The second-order valence-electron chi connectivity index (χ2n) is 6.17. The second-order valence-corrected chi connectivity index (χ2v) is 6.17. The highest BCUT2D eigenvalue weighted by atomic mass is 16.8. The quantitative estimate of drug-likeness (QED) is 0.618. The molecule has 0 aromatic heterocycles. The molecule has 86 valence electrons. The molecule has 0 aromatic rings. The van der Waals surface area contributed by atoms with Gasteiger partial charge in [0.15, 0.2) is 5.79 Å². The normalized spacial score (nSPS) is 39.5. The molecule has 1 saturated carbocycles. The Hall–Kier alpha value is -0.410. The minimum absolute atomic E-state index is 0.0694. The van der Waals surface area contributed by atoms with Crippen LogP contribution in [0.4, 0.5) is 0 Å². The predicted molar refractivity (Wildman–Crippen MR) is 56.5 cm³/mol. The first-order chi connectivity index (χ1) is 6.66. The lowest BCUT2D eigenvalue weighted by Crippen LogP contribution is -2.48. The molecule has 1 aliphatic carbocycles. The van der Waals surface area contributed by atoms with Crippen LogP contribution < -0.4 is 0 Å². The molecule has 2 rings (SSSR count). The number of carbonyl (C=O) groups is 1. The van der Waals surface area contributed by atoms with Crippen LogP contribution in [0.15, 0.2) is 0 Å². The minimum atomic E-state index is -0.557. The third-order valence-corrected chi connectivity index (χ3v) is 3.52. The summed E-state index contributed by atoms with van der Waals surface area (Å²) in [5, 5.41) is 0. The summed E-state index contributed by atoms with van der Waals surface area (Å²) in [6, 6.07) is 0. The van der Waals surface area contributed by atoms with E-state index in [-0.39, 0.29) is 17.3 Å². The molecule has 0 unspecified atom stereocenters. The molecule has 0 bridgehead atoms. The van der Waals surface area contributed by atoms with E-state index in [1.54, 1.807) is 0 Å². The summed E-state index contributed by atoms with van der Waals surface area (Å²) in [6.45, 7) is 10.2. The molecule has 0 spiro atoms. The second kappa shape index (κ2) is 2.83. The topological polar surface area (TPSA) is 35.5 Å². The zero-order valence-electron chi connectivity index (χ0n) is 10.2. The molecule has 1 aliphatic heterocycles. The highest BCUT2D eigenvalue weighted by Gasteiger charge is 2.63. The van der Waals surface area contributed by atoms with Gasteiger partial charge < -0.3 is 9.47 Å². The van der Waals surface area contributed by atoms with Crippen LogP contribution in [-0.4, -0.2) is 23.3 Å². The number of hydrogen-bond acceptors (Lipinski definition) is 3. The van der Waals surface area contributed by atoms with Crippen molar-refractivity contribution >= 4 is 5.78 Å². The number of carbonyl (C=O) groups excluding carboxylic acids is 1. The number of rotatable bonds is 0. The van der Waals surface area contributed by atoms with Gasteiger partial charge in [-0.15, -0.1) is 0 Å². The summed E-state index contributed by atoms with van der Waals surface area (Å²) < 4.78 is 11.9. The maximum Gasteiger partial charge on any atom is 0.164 e. The van der Waals surface area contributed by atoms with Crippen molar-refractivity contribution in [3.8, 4) is 0 Å². The largest absolute Gasteiger partial charge is 0.344 e. The molecule has 1 heterocycles. The van der Waals surface area contributed by atoms with Crippen LogP contribution in [0.2, 0.25) is 0 Å². The van der Waals surface area contributed by atoms with E-state index in [0.29, 0.717) is 12.8 Å². The van der Waals surface area contributed by atoms with Gasteiger partial charge in [-0.05, 0) is 19.3 Å². The number of ether oxygens (including phenoxy) is 2. The van der Waals surface area contributed by atoms with Crippen LogP contribution in [0.1, 0.15) is 47.5 Å². The molecular formula is C12H20O3. The van der Waals surface area contributed by atoms with E-state index in [9.17, 15) is 4.79 Å². The lowest BCUT2D eigenvalue weighted by Gasteiger charge is -2.40. The van der Waals surface area contributed by atoms with Crippen molar-refractivity contribution < 1.29 is 14.3 Å². The average Bonchev–Trinajstić information content (AvgIpc) is 2.34. The first-order valence-corrected chi connectivity index (χ1v) is 5.56. The van der Waals surface area contributed by atoms with Crippen molar-refractivity contribution in [2.45, 2.75) is 65.0 Å². The summed E-state index contributed by atoms with van der Waals surface area (Å²) in [4.78, 5) is 11.6. The van der Waals surface area contributed by atoms with Crippen LogP contribution in [0.25, 0.3) is 0 Å². The van der Waals surface area contributed by atoms with Gasteiger partial charge >= 0.3 is 0 Å². The molecule has 0 amide bonds. The smallest absolute Gasteiger partial charge is 0.164 e. The van der Waals surface area contributed by atoms with Crippen molar-refractivity contribution in [3.05, 3.63) is 0 Å². The molecule has 3 nitrogen and oxygen atoms in total. The van der Waals surface area contributed by atoms with Gasteiger partial charge in [-0.3, -0.25) is 4.79 Å². The third-order valence-electron chi connectivity index (χ3n) is 3.52. The van der Waals surface area contributed by atoms with Crippen LogP contribution in [0, 0.1) is 5.41 Å². The summed E-state index contributed by atoms with van der Waals surface area (Å²) in [5.41, 5.74) is -0.495. The molecule has 2 fully saturated rings. The SMILES string of the molecule is CC1(C)O[C@H]2CC(=O)C[C@@]2(C(C)(C)C)O1. The fraction of sp³-hybridized carbons (Fsp3) is 0.917. The number of hydrogen-bond donors (Lipinski definition) is 0. The van der Waals surface area contributed by atoms with E-state index in [1.807, 2.05) is 13.8 Å². The lowest BCUT2D eigenvalue weighted by atomic mass is 9.74. The summed E-state index contributed by atoms with van der Waals surface area (Å²) in [6.07, 6.45) is 0.922. The Kier molecular flexibility index (Phi) is 2.09. The van der Waals surface area contributed by atoms with Gasteiger partial charge in [0.25, 0.3) is 0 Å². The Morgan fingerprint density at radius 1 is 1.33 bits per heavy atom. The van der Waals surface area contributed by atoms with Crippen molar-refractivity contribution in [2.24, 2.45) is 5.41 Å². The van der Waals surface area contributed by atoms with Gasteiger partial charge in [-0.25, -0.2) is 0 Å². The average molecular weight is 212 g/mol. The first kappa shape index (κ1) is 11.1.